The number of rotatable bonds is 4. The fraction of sp³-hybridized carbons (Fsp3) is 0.500. The van der Waals surface area contributed by atoms with E-state index in [-0.39, 0.29) is 6.04 Å². The number of fused-ring (bicyclic) bond motifs is 3. The number of nitrogens with one attached hydrogen (secondary N) is 1. The third kappa shape index (κ3) is 1.86. The Balaban J connectivity index is 1.89. The molecule has 96 valence electrons. The number of aromatic amines is 1. The lowest BCUT2D eigenvalue weighted by atomic mass is 10.00. The monoisotopic (exact) mass is 245 g/mol. The average Bonchev–Trinajstić information content (AvgIpc) is 3.00. The van der Waals surface area contributed by atoms with Crippen LogP contribution in [0.4, 0.5) is 0 Å². The Kier molecular flexibility index (Phi) is 2.96. The summed E-state index contributed by atoms with van der Waals surface area (Å²) in [4.78, 5) is 8.07. The fourth-order valence-corrected chi connectivity index (χ4v) is 2.55. The van der Waals surface area contributed by atoms with Gasteiger partial charge in [-0.1, -0.05) is 19.8 Å². The fourth-order valence-electron chi connectivity index (χ4n) is 2.55. The van der Waals surface area contributed by atoms with Gasteiger partial charge in [-0.2, -0.15) is 0 Å². The summed E-state index contributed by atoms with van der Waals surface area (Å²) < 4.78 is 5.46. The van der Waals surface area contributed by atoms with Gasteiger partial charge in [0.05, 0.1) is 18.0 Å². The molecule has 0 bridgehead atoms. The van der Waals surface area contributed by atoms with Crippen molar-refractivity contribution in [2.45, 2.75) is 45.1 Å². The molecule has 2 aromatic rings. The Morgan fingerprint density at radius 1 is 1.50 bits per heavy atom. The molecule has 1 aliphatic carbocycles. The minimum Gasteiger partial charge on any atom is -0.469 e. The molecule has 0 aliphatic heterocycles. The molecule has 0 aromatic carbocycles. The second-order valence-electron chi connectivity index (χ2n) is 4.96. The van der Waals surface area contributed by atoms with E-state index in [2.05, 4.69) is 16.9 Å². The molecule has 2 aromatic heterocycles. The van der Waals surface area contributed by atoms with E-state index in [0.29, 0.717) is 0 Å². The second-order valence-corrected chi connectivity index (χ2v) is 4.96. The SMILES string of the molecule is CCCCC(N)c1nc2c([nH]1)CCc1occc1-2. The van der Waals surface area contributed by atoms with Crippen molar-refractivity contribution < 1.29 is 4.42 Å². The van der Waals surface area contributed by atoms with Crippen molar-refractivity contribution in [3.05, 3.63) is 29.6 Å². The number of furan rings is 1. The number of H-pyrrole nitrogens is 1. The predicted molar refractivity (Wildman–Crippen MR) is 70.2 cm³/mol. The van der Waals surface area contributed by atoms with Gasteiger partial charge < -0.3 is 15.1 Å². The molecule has 18 heavy (non-hydrogen) atoms. The zero-order valence-electron chi connectivity index (χ0n) is 10.7. The number of nitrogens with zero attached hydrogens (tertiary/aromatic N) is 1. The largest absolute Gasteiger partial charge is 0.469 e. The molecule has 0 amide bonds. The van der Waals surface area contributed by atoms with Crippen molar-refractivity contribution in [2.24, 2.45) is 5.73 Å². The first-order valence-corrected chi connectivity index (χ1v) is 6.70. The number of aromatic nitrogens is 2. The predicted octanol–water partition coefficient (Wildman–Crippen LogP) is 2.96. The number of imidazole rings is 1. The van der Waals surface area contributed by atoms with E-state index in [9.17, 15) is 0 Å². The van der Waals surface area contributed by atoms with Crippen molar-refractivity contribution in [1.82, 2.24) is 9.97 Å². The Bertz CT molecular complexity index is 541. The van der Waals surface area contributed by atoms with E-state index < -0.39 is 0 Å². The molecular weight excluding hydrogens is 226 g/mol. The van der Waals surface area contributed by atoms with Crippen LogP contribution in [0.5, 0.6) is 0 Å². The topological polar surface area (TPSA) is 67.8 Å². The Hall–Kier alpha value is -1.55. The van der Waals surface area contributed by atoms with Gasteiger partial charge in [0.25, 0.3) is 0 Å². The van der Waals surface area contributed by atoms with E-state index in [1.807, 2.05) is 6.07 Å². The highest BCUT2D eigenvalue weighted by Crippen LogP contribution is 2.33. The van der Waals surface area contributed by atoms with E-state index in [0.717, 1.165) is 48.5 Å². The highest BCUT2D eigenvalue weighted by Gasteiger charge is 2.23. The van der Waals surface area contributed by atoms with Gasteiger partial charge in [-0.05, 0) is 18.9 Å². The molecule has 1 aliphatic rings. The maximum absolute atomic E-state index is 6.17. The summed E-state index contributed by atoms with van der Waals surface area (Å²) in [6, 6.07) is 2.01. The number of unbranched alkanes of at least 4 members (excludes halogenated alkanes) is 1. The van der Waals surface area contributed by atoms with Crippen LogP contribution >= 0.6 is 0 Å². The molecule has 0 saturated carbocycles. The first-order valence-electron chi connectivity index (χ1n) is 6.70. The molecular formula is C14H19N3O. The van der Waals surface area contributed by atoms with Crippen LogP contribution in [0.1, 0.15) is 49.5 Å². The smallest absolute Gasteiger partial charge is 0.124 e. The summed E-state index contributed by atoms with van der Waals surface area (Å²) in [5, 5.41) is 0. The van der Waals surface area contributed by atoms with Crippen LogP contribution in [0.25, 0.3) is 11.3 Å². The van der Waals surface area contributed by atoms with Crippen LogP contribution in [0, 0.1) is 0 Å². The highest BCUT2D eigenvalue weighted by molar-refractivity contribution is 5.66. The Morgan fingerprint density at radius 3 is 3.22 bits per heavy atom. The Labute approximate surface area is 107 Å². The van der Waals surface area contributed by atoms with Crippen LogP contribution in [0.15, 0.2) is 16.7 Å². The zero-order chi connectivity index (χ0) is 12.5. The summed E-state index contributed by atoms with van der Waals surface area (Å²) in [5.74, 6) is 1.96. The number of hydrogen-bond acceptors (Lipinski definition) is 3. The van der Waals surface area contributed by atoms with Gasteiger partial charge in [-0.3, -0.25) is 0 Å². The molecule has 4 nitrogen and oxygen atoms in total. The molecule has 0 fully saturated rings. The van der Waals surface area contributed by atoms with Gasteiger partial charge in [0.15, 0.2) is 0 Å². The summed E-state index contributed by atoms with van der Waals surface area (Å²) in [6.07, 6.45) is 6.94. The van der Waals surface area contributed by atoms with Gasteiger partial charge in [-0.25, -0.2) is 4.98 Å². The van der Waals surface area contributed by atoms with E-state index in [1.165, 1.54) is 12.1 Å². The molecule has 0 saturated heterocycles. The van der Waals surface area contributed by atoms with E-state index in [1.54, 1.807) is 6.26 Å². The third-order valence-corrected chi connectivity index (χ3v) is 3.62. The first kappa shape index (κ1) is 11.5. The van der Waals surface area contributed by atoms with Crippen LogP contribution in [-0.2, 0) is 12.8 Å². The zero-order valence-corrected chi connectivity index (χ0v) is 10.7. The van der Waals surface area contributed by atoms with Crippen molar-refractivity contribution >= 4 is 0 Å². The van der Waals surface area contributed by atoms with Crippen LogP contribution in [-0.4, -0.2) is 9.97 Å². The molecule has 2 heterocycles. The lowest BCUT2D eigenvalue weighted by Crippen LogP contribution is -2.11. The van der Waals surface area contributed by atoms with Crippen molar-refractivity contribution in [3.63, 3.8) is 0 Å². The summed E-state index contributed by atoms with van der Waals surface area (Å²) in [6.45, 7) is 2.18. The summed E-state index contributed by atoms with van der Waals surface area (Å²) >= 11 is 0. The molecule has 0 spiro atoms. The quantitative estimate of drug-likeness (QED) is 0.870. The standard InChI is InChI=1S/C14H19N3O/c1-2-3-4-10(15)14-16-11-5-6-12-9(7-8-18-12)13(11)17-14/h7-8,10H,2-6,15H2,1H3,(H,16,17). The highest BCUT2D eigenvalue weighted by atomic mass is 16.3. The van der Waals surface area contributed by atoms with E-state index in [4.69, 9.17) is 10.2 Å². The summed E-state index contributed by atoms with van der Waals surface area (Å²) in [5.41, 5.74) is 9.53. The molecule has 3 rings (SSSR count). The van der Waals surface area contributed by atoms with Crippen LogP contribution < -0.4 is 5.73 Å². The van der Waals surface area contributed by atoms with Gasteiger partial charge in [0, 0.05) is 17.7 Å². The number of aryl methyl sites for hydroxylation is 2. The molecule has 3 N–H and O–H groups in total. The maximum Gasteiger partial charge on any atom is 0.124 e. The van der Waals surface area contributed by atoms with Crippen molar-refractivity contribution in [1.29, 1.82) is 0 Å². The van der Waals surface area contributed by atoms with Crippen molar-refractivity contribution in [3.8, 4) is 11.3 Å². The molecule has 0 radical (unpaired) electrons. The summed E-state index contributed by atoms with van der Waals surface area (Å²) in [7, 11) is 0. The van der Waals surface area contributed by atoms with Crippen LogP contribution in [0.2, 0.25) is 0 Å². The van der Waals surface area contributed by atoms with Gasteiger partial charge >= 0.3 is 0 Å². The first-order chi connectivity index (χ1) is 8.79. The minimum atomic E-state index is 0.0194. The maximum atomic E-state index is 6.17. The lowest BCUT2D eigenvalue weighted by Gasteiger charge is -2.08. The number of hydrogen-bond donors (Lipinski definition) is 2. The second kappa shape index (κ2) is 4.61. The number of nitrogens with two attached hydrogens (primary N) is 1. The van der Waals surface area contributed by atoms with Gasteiger partial charge in [0.1, 0.15) is 11.6 Å². The van der Waals surface area contributed by atoms with Gasteiger partial charge in [0.2, 0.25) is 0 Å². The Morgan fingerprint density at radius 2 is 2.39 bits per heavy atom. The molecule has 1 unspecified atom stereocenters. The molecule has 1 atom stereocenters. The van der Waals surface area contributed by atoms with Crippen molar-refractivity contribution in [2.75, 3.05) is 0 Å². The normalized spacial score (nSPS) is 15.2. The lowest BCUT2D eigenvalue weighted by molar-refractivity contribution is 0.506. The van der Waals surface area contributed by atoms with E-state index >= 15 is 0 Å². The molecule has 4 heteroatoms. The van der Waals surface area contributed by atoms with Gasteiger partial charge in [-0.15, -0.1) is 0 Å². The average molecular weight is 245 g/mol. The van der Waals surface area contributed by atoms with Crippen LogP contribution in [0.3, 0.4) is 0 Å². The third-order valence-electron chi connectivity index (χ3n) is 3.62. The minimum absolute atomic E-state index is 0.0194.